The van der Waals surface area contributed by atoms with Gasteiger partial charge in [0.1, 0.15) is 11.6 Å². The molecule has 0 aliphatic rings. The molecule has 2 aromatic rings. The van der Waals surface area contributed by atoms with Gasteiger partial charge in [-0.05, 0) is 34.1 Å². The maximum Gasteiger partial charge on any atom is 0.137 e. The van der Waals surface area contributed by atoms with Crippen LogP contribution in [0.5, 0.6) is 0 Å². The van der Waals surface area contributed by atoms with Gasteiger partial charge in [0.25, 0.3) is 0 Å². The predicted molar refractivity (Wildman–Crippen MR) is 72.8 cm³/mol. The van der Waals surface area contributed by atoms with Crippen LogP contribution in [0.15, 0.2) is 35.1 Å². The molecule has 3 nitrogen and oxygen atoms in total. The van der Waals surface area contributed by atoms with Crippen LogP contribution in [0.2, 0.25) is 0 Å². The van der Waals surface area contributed by atoms with Crippen LogP contribution in [0.4, 0.5) is 4.39 Å². The maximum absolute atomic E-state index is 13.4. The minimum atomic E-state index is -0.235. The van der Waals surface area contributed by atoms with Gasteiger partial charge >= 0.3 is 0 Å². The number of nitrogens with zero attached hydrogens (tertiary/aromatic N) is 2. The summed E-state index contributed by atoms with van der Waals surface area (Å²) >= 11 is 3.28. The zero-order valence-corrected chi connectivity index (χ0v) is 11.7. The summed E-state index contributed by atoms with van der Waals surface area (Å²) in [6.07, 6.45) is 3.67. The number of rotatable bonds is 5. The Labute approximate surface area is 114 Å². The summed E-state index contributed by atoms with van der Waals surface area (Å²) in [4.78, 5) is 4.29. The molecule has 0 fully saturated rings. The summed E-state index contributed by atoms with van der Waals surface area (Å²) in [7, 11) is 0. The van der Waals surface area contributed by atoms with Crippen molar-refractivity contribution >= 4 is 15.9 Å². The van der Waals surface area contributed by atoms with Crippen molar-refractivity contribution in [2.75, 3.05) is 6.54 Å². The third-order valence-electron chi connectivity index (χ3n) is 2.71. The van der Waals surface area contributed by atoms with Crippen molar-refractivity contribution < 1.29 is 4.39 Å². The summed E-state index contributed by atoms with van der Waals surface area (Å²) < 4.78 is 16.0. The van der Waals surface area contributed by atoms with Gasteiger partial charge in [0, 0.05) is 12.4 Å². The standard InChI is InChI=1S/C13H15BrFN3/c1-2-16-8-12-17-6-7-18(12)9-10-4-3-5-11(15)13(10)14/h3-7,16H,2,8-9H2,1H3. The monoisotopic (exact) mass is 311 g/mol. The summed E-state index contributed by atoms with van der Waals surface area (Å²) in [5.41, 5.74) is 0.908. The van der Waals surface area contributed by atoms with Gasteiger partial charge in [-0.3, -0.25) is 0 Å². The summed E-state index contributed by atoms with van der Waals surface area (Å²) in [6.45, 7) is 4.28. The molecule has 2 rings (SSSR count). The highest BCUT2D eigenvalue weighted by atomic mass is 79.9. The van der Waals surface area contributed by atoms with Crippen LogP contribution in [0.3, 0.4) is 0 Å². The highest BCUT2D eigenvalue weighted by Crippen LogP contribution is 2.21. The summed E-state index contributed by atoms with van der Waals surface area (Å²) in [5, 5.41) is 3.23. The second-order valence-electron chi connectivity index (χ2n) is 3.96. The molecular weight excluding hydrogens is 297 g/mol. The van der Waals surface area contributed by atoms with Crippen LogP contribution < -0.4 is 5.32 Å². The lowest BCUT2D eigenvalue weighted by atomic mass is 10.2. The molecule has 1 heterocycles. The van der Waals surface area contributed by atoms with Crippen LogP contribution in [-0.2, 0) is 13.1 Å². The quantitative estimate of drug-likeness (QED) is 0.920. The molecule has 1 N–H and O–H groups in total. The zero-order valence-electron chi connectivity index (χ0n) is 10.2. The Bertz CT molecular complexity index is 525. The highest BCUT2D eigenvalue weighted by molar-refractivity contribution is 9.10. The van der Waals surface area contributed by atoms with Crippen LogP contribution in [-0.4, -0.2) is 16.1 Å². The predicted octanol–water partition coefficient (Wildman–Crippen LogP) is 2.94. The van der Waals surface area contributed by atoms with E-state index in [-0.39, 0.29) is 5.82 Å². The Kier molecular flexibility index (Phi) is 4.49. The lowest BCUT2D eigenvalue weighted by Gasteiger charge is -2.10. The highest BCUT2D eigenvalue weighted by Gasteiger charge is 2.08. The zero-order chi connectivity index (χ0) is 13.0. The number of hydrogen-bond acceptors (Lipinski definition) is 2. The van der Waals surface area contributed by atoms with Gasteiger partial charge in [-0.2, -0.15) is 0 Å². The average molecular weight is 312 g/mol. The van der Waals surface area contributed by atoms with E-state index in [4.69, 9.17) is 0 Å². The molecule has 0 saturated heterocycles. The van der Waals surface area contributed by atoms with Crippen molar-refractivity contribution in [1.82, 2.24) is 14.9 Å². The van der Waals surface area contributed by atoms with Crippen LogP contribution in [0.25, 0.3) is 0 Å². The normalized spacial score (nSPS) is 10.8. The molecule has 5 heteroatoms. The van der Waals surface area contributed by atoms with Crippen molar-refractivity contribution in [3.8, 4) is 0 Å². The smallest absolute Gasteiger partial charge is 0.137 e. The van der Waals surface area contributed by atoms with Gasteiger partial charge in [0.05, 0.1) is 17.6 Å². The van der Waals surface area contributed by atoms with E-state index >= 15 is 0 Å². The fourth-order valence-corrected chi connectivity index (χ4v) is 2.13. The van der Waals surface area contributed by atoms with Crippen molar-refractivity contribution in [1.29, 1.82) is 0 Å². The van der Waals surface area contributed by atoms with E-state index in [1.807, 2.05) is 16.8 Å². The van der Waals surface area contributed by atoms with Gasteiger partial charge in [-0.25, -0.2) is 9.37 Å². The number of imidazole rings is 1. The molecule has 0 radical (unpaired) electrons. The topological polar surface area (TPSA) is 29.9 Å². The summed E-state index contributed by atoms with van der Waals surface area (Å²) in [5.74, 6) is 0.717. The van der Waals surface area contributed by atoms with Crippen LogP contribution >= 0.6 is 15.9 Å². The fourth-order valence-electron chi connectivity index (χ4n) is 1.74. The lowest BCUT2D eigenvalue weighted by Crippen LogP contribution is -2.16. The molecule has 0 spiro atoms. The van der Waals surface area contributed by atoms with Crippen molar-refractivity contribution in [2.24, 2.45) is 0 Å². The molecule has 0 saturated carbocycles. The fraction of sp³-hybridized carbons (Fsp3) is 0.308. The number of aromatic nitrogens is 2. The third-order valence-corrected chi connectivity index (χ3v) is 3.60. The SMILES string of the molecule is CCNCc1nccn1Cc1cccc(F)c1Br. The number of benzene rings is 1. The first-order valence-corrected chi connectivity index (χ1v) is 6.65. The summed E-state index contributed by atoms with van der Waals surface area (Å²) in [6, 6.07) is 5.07. The second kappa shape index (κ2) is 6.11. The Morgan fingerprint density at radius 3 is 3.06 bits per heavy atom. The maximum atomic E-state index is 13.4. The molecular formula is C13H15BrFN3. The lowest BCUT2D eigenvalue weighted by molar-refractivity contribution is 0.609. The Morgan fingerprint density at radius 2 is 2.28 bits per heavy atom. The van der Waals surface area contributed by atoms with E-state index in [2.05, 4.69) is 33.2 Å². The van der Waals surface area contributed by atoms with Gasteiger partial charge < -0.3 is 9.88 Å². The molecule has 0 amide bonds. The van der Waals surface area contributed by atoms with Crippen LogP contribution in [0, 0.1) is 5.82 Å². The Morgan fingerprint density at radius 1 is 1.44 bits per heavy atom. The first kappa shape index (κ1) is 13.2. The van der Waals surface area contributed by atoms with Crippen molar-refractivity contribution in [2.45, 2.75) is 20.0 Å². The van der Waals surface area contributed by atoms with Gasteiger partial charge in [0.2, 0.25) is 0 Å². The van der Waals surface area contributed by atoms with E-state index in [0.29, 0.717) is 11.0 Å². The molecule has 18 heavy (non-hydrogen) atoms. The van der Waals surface area contributed by atoms with Crippen LogP contribution in [0.1, 0.15) is 18.3 Å². The molecule has 0 aliphatic heterocycles. The Hall–Kier alpha value is -1.20. The van der Waals surface area contributed by atoms with Gasteiger partial charge in [-0.15, -0.1) is 0 Å². The number of nitrogens with one attached hydrogen (secondary N) is 1. The minimum Gasteiger partial charge on any atom is -0.329 e. The first-order valence-electron chi connectivity index (χ1n) is 5.86. The van der Waals surface area contributed by atoms with E-state index in [0.717, 1.165) is 24.5 Å². The molecule has 1 aromatic carbocycles. The molecule has 0 unspecified atom stereocenters. The van der Waals surface area contributed by atoms with Gasteiger partial charge in [-0.1, -0.05) is 19.1 Å². The van der Waals surface area contributed by atoms with E-state index in [1.54, 1.807) is 12.3 Å². The van der Waals surface area contributed by atoms with E-state index in [9.17, 15) is 4.39 Å². The minimum absolute atomic E-state index is 0.235. The largest absolute Gasteiger partial charge is 0.329 e. The first-order chi connectivity index (χ1) is 8.72. The molecule has 1 aromatic heterocycles. The molecule has 0 aliphatic carbocycles. The molecule has 96 valence electrons. The number of hydrogen-bond donors (Lipinski definition) is 1. The second-order valence-corrected chi connectivity index (χ2v) is 4.76. The average Bonchev–Trinajstić information content (AvgIpc) is 2.80. The molecule has 0 atom stereocenters. The van der Waals surface area contributed by atoms with Gasteiger partial charge in [0.15, 0.2) is 0 Å². The van der Waals surface area contributed by atoms with E-state index < -0.39 is 0 Å². The Balaban J connectivity index is 2.18. The third kappa shape index (κ3) is 2.97. The molecule has 0 bridgehead atoms. The van der Waals surface area contributed by atoms with Crippen molar-refractivity contribution in [3.05, 3.63) is 52.3 Å². The number of halogens is 2. The van der Waals surface area contributed by atoms with E-state index in [1.165, 1.54) is 6.07 Å². The van der Waals surface area contributed by atoms with Crippen molar-refractivity contribution in [3.63, 3.8) is 0 Å².